The van der Waals surface area contributed by atoms with Crippen molar-refractivity contribution >= 4 is 5.97 Å². The average molecular weight is 206 g/mol. The monoisotopic (exact) mass is 206 g/mol. The van der Waals surface area contributed by atoms with Crippen LogP contribution in [0.3, 0.4) is 0 Å². The van der Waals surface area contributed by atoms with E-state index in [1.165, 1.54) is 5.56 Å². The number of hydrogen-bond acceptors (Lipinski definition) is 2. The summed E-state index contributed by atoms with van der Waals surface area (Å²) in [7, 11) is 0. The van der Waals surface area contributed by atoms with Crippen LogP contribution in [0.5, 0.6) is 0 Å². The van der Waals surface area contributed by atoms with Crippen LogP contribution in [0.4, 0.5) is 0 Å². The lowest BCUT2D eigenvalue weighted by molar-refractivity contribution is -0.143. The van der Waals surface area contributed by atoms with Crippen LogP contribution in [0.1, 0.15) is 36.1 Å². The number of hydrogen-bond donors (Lipinski definition) is 1. The molecule has 1 aromatic heterocycles. The molecule has 0 bridgehead atoms. The minimum Gasteiger partial charge on any atom is -0.481 e. The molecular weight excluding hydrogens is 192 g/mol. The molecule has 2 aliphatic carbocycles. The van der Waals surface area contributed by atoms with Crippen molar-refractivity contribution in [1.82, 2.24) is 0 Å². The van der Waals surface area contributed by atoms with Crippen LogP contribution in [-0.2, 0) is 16.6 Å². The Morgan fingerprint density at radius 2 is 2.33 bits per heavy atom. The molecule has 3 nitrogen and oxygen atoms in total. The molecule has 1 spiro atoms. The van der Waals surface area contributed by atoms with E-state index in [2.05, 4.69) is 0 Å². The predicted molar refractivity (Wildman–Crippen MR) is 53.8 cm³/mol. The summed E-state index contributed by atoms with van der Waals surface area (Å²) in [5.41, 5.74) is 2.27. The first-order chi connectivity index (χ1) is 7.15. The molecular formula is C12H14O3. The fraction of sp³-hybridized carbons (Fsp3) is 0.583. The second-order valence-electron chi connectivity index (χ2n) is 4.80. The molecule has 1 saturated carbocycles. The highest BCUT2D eigenvalue weighted by molar-refractivity contribution is 5.74. The van der Waals surface area contributed by atoms with Gasteiger partial charge < -0.3 is 9.52 Å². The van der Waals surface area contributed by atoms with Gasteiger partial charge in [0.15, 0.2) is 0 Å². The van der Waals surface area contributed by atoms with Gasteiger partial charge in [-0.25, -0.2) is 0 Å². The largest absolute Gasteiger partial charge is 0.481 e. The van der Waals surface area contributed by atoms with Gasteiger partial charge in [0.1, 0.15) is 5.76 Å². The molecule has 0 amide bonds. The standard InChI is InChI=1S/C12H14O3/c1-7-6-15-9-3-2-8(11(13)14)12(4-5-12)10(7)9/h6,8H,2-5H2,1H3,(H,13,14). The van der Waals surface area contributed by atoms with Crippen molar-refractivity contribution < 1.29 is 14.3 Å². The van der Waals surface area contributed by atoms with E-state index in [0.29, 0.717) is 0 Å². The summed E-state index contributed by atoms with van der Waals surface area (Å²) in [4.78, 5) is 11.2. The Morgan fingerprint density at radius 1 is 1.60 bits per heavy atom. The SMILES string of the molecule is Cc1coc2c1C1(CC1)C(C(=O)O)CC2. The van der Waals surface area contributed by atoms with Crippen molar-refractivity contribution in [2.75, 3.05) is 0 Å². The number of fused-ring (bicyclic) bond motifs is 2. The van der Waals surface area contributed by atoms with Crippen LogP contribution in [-0.4, -0.2) is 11.1 Å². The van der Waals surface area contributed by atoms with Gasteiger partial charge in [-0.15, -0.1) is 0 Å². The molecule has 1 aromatic rings. The molecule has 80 valence electrons. The lowest BCUT2D eigenvalue weighted by Crippen LogP contribution is -2.33. The van der Waals surface area contributed by atoms with E-state index in [9.17, 15) is 9.90 Å². The molecule has 2 aliphatic rings. The zero-order valence-corrected chi connectivity index (χ0v) is 8.75. The molecule has 3 rings (SSSR count). The maximum atomic E-state index is 11.2. The molecule has 1 unspecified atom stereocenters. The number of aliphatic carboxylic acids is 1. The fourth-order valence-electron chi connectivity index (χ4n) is 3.17. The lowest BCUT2D eigenvalue weighted by atomic mass is 9.74. The fourth-order valence-corrected chi connectivity index (χ4v) is 3.17. The summed E-state index contributed by atoms with van der Waals surface area (Å²) >= 11 is 0. The van der Waals surface area contributed by atoms with Crippen molar-refractivity contribution in [3.8, 4) is 0 Å². The van der Waals surface area contributed by atoms with Gasteiger partial charge in [0.25, 0.3) is 0 Å². The Bertz CT molecular complexity index is 426. The van der Waals surface area contributed by atoms with Gasteiger partial charge in [0.2, 0.25) is 0 Å². The normalized spacial score (nSPS) is 26.3. The van der Waals surface area contributed by atoms with Crippen molar-refractivity contribution in [1.29, 1.82) is 0 Å². The highest BCUT2D eigenvalue weighted by atomic mass is 16.4. The molecule has 1 atom stereocenters. The van der Waals surface area contributed by atoms with E-state index in [1.807, 2.05) is 6.92 Å². The van der Waals surface area contributed by atoms with Gasteiger partial charge in [-0.2, -0.15) is 0 Å². The van der Waals surface area contributed by atoms with E-state index >= 15 is 0 Å². The summed E-state index contributed by atoms with van der Waals surface area (Å²) in [5.74, 6) is 0.197. The molecule has 1 N–H and O–H groups in total. The van der Waals surface area contributed by atoms with Crippen molar-refractivity contribution in [3.63, 3.8) is 0 Å². The van der Waals surface area contributed by atoms with Crippen LogP contribution in [0, 0.1) is 12.8 Å². The van der Waals surface area contributed by atoms with Crippen molar-refractivity contribution in [3.05, 3.63) is 23.2 Å². The smallest absolute Gasteiger partial charge is 0.307 e. The van der Waals surface area contributed by atoms with Crippen LogP contribution in [0.15, 0.2) is 10.7 Å². The quantitative estimate of drug-likeness (QED) is 0.766. The minimum atomic E-state index is -0.640. The topological polar surface area (TPSA) is 50.4 Å². The Hall–Kier alpha value is -1.25. The third kappa shape index (κ3) is 1.03. The second-order valence-corrected chi connectivity index (χ2v) is 4.80. The summed E-state index contributed by atoms with van der Waals surface area (Å²) < 4.78 is 5.50. The first-order valence-electron chi connectivity index (χ1n) is 5.45. The summed E-state index contributed by atoms with van der Waals surface area (Å²) in [6.07, 6.45) is 5.31. The predicted octanol–water partition coefficient (Wildman–Crippen LogP) is 2.27. The first kappa shape index (κ1) is 9.01. The van der Waals surface area contributed by atoms with Gasteiger partial charge in [0.05, 0.1) is 12.2 Å². The highest BCUT2D eigenvalue weighted by Gasteiger charge is 2.57. The molecule has 1 fully saturated rings. The molecule has 15 heavy (non-hydrogen) atoms. The summed E-state index contributed by atoms with van der Waals surface area (Å²) in [6, 6.07) is 0. The minimum absolute atomic E-state index is 0.0729. The third-order valence-electron chi connectivity index (χ3n) is 3.96. The number of rotatable bonds is 1. The van der Waals surface area contributed by atoms with Crippen LogP contribution in [0.25, 0.3) is 0 Å². The Morgan fingerprint density at radius 3 is 2.93 bits per heavy atom. The Kier molecular flexibility index (Phi) is 1.59. The zero-order valence-electron chi connectivity index (χ0n) is 8.75. The molecule has 0 radical (unpaired) electrons. The van der Waals surface area contributed by atoms with Crippen LogP contribution >= 0.6 is 0 Å². The number of carbonyl (C=O) groups is 1. The van der Waals surface area contributed by atoms with Crippen LogP contribution in [0.2, 0.25) is 0 Å². The number of furan rings is 1. The number of carboxylic acid groups (broad SMARTS) is 1. The van der Waals surface area contributed by atoms with Crippen molar-refractivity contribution in [2.45, 2.75) is 38.0 Å². The molecule has 3 heteroatoms. The number of aryl methyl sites for hydroxylation is 2. The van der Waals surface area contributed by atoms with E-state index in [4.69, 9.17) is 4.42 Å². The van der Waals surface area contributed by atoms with Gasteiger partial charge >= 0.3 is 5.97 Å². The van der Waals surface area contributed by atoms with Crippen LogP contribution < -0.4 is 0 Å². The second kappa shape index (κ2) is 2.65. The molecule has 0 aliphatic heterocycles. The van der Waals surface area contributed by atoms with Crippen molar-refractivity contribution in [2.24, 2.45) is 5.92 Å². The third-order valence-corrected chi connectivity index (χ3v) is 3.96. The summed E-state index contributed by atoms with van der Waals surface area (Å²) in [6.45, 7) is 2.02. The highest BCUT2D eigenvalue weighted by Crippen LogP contribution is 2.59. The zero-order chi connectivity index (χ0) is 10.6. The maximum Gasteiger partial charge on any atom is 0.307 e. The van der Waals surface area contributed by atoms with Gasteiger partial charge in [-0.05, 0) is 31.7 Å². The van der Waals surface area contributed by atoms with E-state index in [-0.39, 0.29) is 11.3 Å². The average Bonchev–Trinajstić information content (AvgIpc) is 2.85. The van der Waals surface area contributed by atoms with Gasteiger partial charge in [0, 0.05) is 17.4 Å². The molecule has 0 aromatic carbocycles. The Labute approximate surface area is 88.1 Å². The molecule has 1 heterocycles. The Balaban J connectivity index is 2.12. The summed E-state index contributed by atoms with van der Waals surface area (Å²) in [5, 5.41) is 9.24. The lowest BCUT2D eigenvalue weighted by Gasteiger charge is -2.28. The molecule has 0 saturated heterocycles. The maximum absolute atomic E-state index is 11.2. The van der Waals surface area contributed by atoms with E-state index < -0.39 is 5.97 Å². The van der Waals surface area contributed by atoms with Gasteiger partial charge in [-0.1, -0.05) is 0 Å². The first-order valence-corrected chi connectivity index (χ1v) is 5.45. The van der Waals surface area contributed by atoms with Gasteiger partial charge in [-0.3, -0.25) is 4.79 Å². The van der Waals surface area contributed by atoms with E-state index in [0.717, 1.165) is 37.0 Å². The van der Waals surface area contributed by atoms with E-state index in [1.54, 1.807) is 6.26 Å². The number of carboxylic acids is 1.